The van der Waals surface area contributed by atoms with Gasteiger partial charge in [0.15, 0.2) is 0 Å². The second-order valence-electron chi connectivity index (χ2n) is 3.96. The third-order valence-corrected chi connectivity index (χ3v) is 3.63. The maximum atomic E-state index is 5.56. The van der Waals surface area contributed by atoms with Gasteiger partial charge in [-0.1, -0.05) is 0 Å². The Bertz CT molecular complexity index is 358. The quantitative estimate of drug-likeness (QED) is 0.581. The summed E-state index contributed by atoms with van der Waals surface area (Å²) in [7, 11) is 1.97. The number of nitrogens with one attached hydrogen (secondary N) is 2. The van der Waals surface area contributed by atoms with E-state index < -0.39 is 0 Å². The van der Waals surface area contributed by atoms with E-state index in [0.717, 1.165) is 40.8 Å². The van der Waals surface area contributed by atoms with Crippen LogP contribution in [0.3, 0.4) is 0 Å². The zero-order valence-corrected chi connectivity index (χ0v) is 16.5. The fourth-order valence-corrected chi connectivity index (χ4v) is 3.13. The standard InChI is InChI=1S/C13H20Br2N2O.2ClH/c1-3-18-13-11(14)7-10(8-12(13)15)9-17-6-4-5-16-2;;/h7-8,16-17H,3-6,9H2,1-2H3;2*1H. The lowest BCUT2D eigenvalue weighted by Gasteiger charge is -2.11. The highest BCUT2D eigenvalue weighted by Crippen LogP contribution is 2.34. The third-order valence-electron chi connectivity index (χ3n) is 2.46. The van der Waals surface area contributed by atoms with Crippen molar-refractivity contribution < 1.29 is 4.74 Å². The third kappa shape index (κ3) is 8.05. The fourth-order valence-electron chi connectivity index (χ4n) is 1.62. The summed E-state index contributed by atoms with van der Waals surface area (Å²) < 4.78 is 7.54. The average Bonchev–Trinajstić information content (AvgIpc) is 2.33. The van der Waals surface area contributed by atoms with Gasteiger partial charge in [0.25, 0.3) is 0 Å². The summed E-state index contributed by atoms with van der Waals surface area (Å²) in [4.78, 5) is 0. The zero-order chi connectivity index (χ0) is 13.4. The molecule has 20 heavy (non-hydrogen) atoms. The Morgan fingerprint density at radius 1 is 1.10 bits per heavy atom. The lowest BCUT2D eigenvalue weighted by atomic mass is 10.2. The number of rotatable bonds is 8. The second-order valence-corrected chi connectivity index (χ2v) is 5.66. The van der Waals surface area contributed by atoms with E-state index in [4.69, 9.17) is 4.74 Å². The summed E-state index contributed by atoms with van der Waals surface area (Å²) in [5.74, 6) is 0.872. The molecule has 118 valence electrons. The molecule has 0 unspecified atom stereocenters. The molecule has 0 atom stereocenters. The summed E-state index contributed by atoms with van der Waals surface area (Å²) in [6.45, 7) is 5.58. The Morgan fingerprint density at radius 3 is 2.20 bits per heavy atom. The molecule has 0 aliphatic carbocycles. The monoisotopic (exact) mass is 450 g/mol. The number of hydrogen-bond acceptors (Lipinski definition) is 3. The molecule has 7 heteroatoms. The number of halogens is 4. The highest BCUT2D eigenvalue weighted by molar-refractivity contribution is 9.11. The topological polar surface area (TPSA) is 33.3 Å². The van der Waals surface area contributed by atoms with Gasteiger partial charge in [0.2, 0.25) is 0 Å². The summed E-state index contributed by atoms with van der Waals surface area (Å²) in [6, 6.07) is 4.20. The first-order chi connectivity index (χ1) is 8.69. The van der Waals surface area contributed by atoms with Crippen molar-refractivity contribution in [2.45, 2.75) is 19.9 Å². The molecule has 1 aromatic rings. The van der Waals surface area contributed by atoms with Crippen molar-refractivity contribution in [1.29, 1.82) is 0 Å². The molecule has 1 aromatic carbocycles. The van der Waals surface area contributed by atoms with Gasteiger partial charge in [-0.3, -0.25) is 0 Å². The van der Waals surface area contributed by atoms with Crippen LogP contribution in [0.25, 0.3) is 0 Å². The first kappa shape index (κ1) is 22.8. The van der Waals surface area contributed by atoms with E-state index >= 15 is 0 Å². The van der Waals surface area contributed by atoms with Crippen molar-refractivity contribution in [3.05, 3.63) is 26.6 Å². The number of benzene rings is 1. The molecule has 0 fully saturated rings. The lowest BCUT2D eigenvalue weighted by molar-refractivity contribution is 0.336. The number of hydrogen-bond donors (Lipinski definition) is 2. The molecule has 2 N–H and O–H groups in total. The van der Waals surface area contributed by atoms with Gasteiger partial charge < -0.3 is 15.4 Å². The first-order valence-corrected chi connectivity index (χ1v) is 7.73. The van der Waals surface area contributed by atoms with Crippen LogP contribution in [0.4, 0.5) is 0 Å². The predicted octanol–water partition coefficient (Wildman–Crippen LogP) is 4.15. The van der Waals surface area contributed by atoms with Gasteiger partial charge in [0.1, 0.15) is 5.75 Å². The molecule has 0 aliphatic rings. The average molecular weight is 453 g/mol. The molecule has 0 aliphatic heterocycles. The van der Waals surface area contributed by atoms with E-state index in [-0.39, 0.29) is 24.8 Å². The molecule has 0 saturated carbocycles. The normalized spacial score (nSPS) is 9.60. The maximum absolute atomic E-state index is 5.56. The van der Waals surface area contributed by atoms with Crippen LogP contribution >= 0.6 is 56.7 Å². The van der Waals surface area contributed by atoms with Crippen LogP contribution in [0.2, 0.25) is 0 Å². The van der Waals surface area contributed by atoms with E-state index in [1.54, 1.807) is 0 Å². The summed E-state index contributed by atoms with van der Waals surface area (Å²) in [5, 5.41) is 6.55. The molecule has 0 radical (unpaired) electrons. The highest BCUT2D eigenvalue weighted by atomic mass is 79.9. The van der Waals surface area contributed by atoms with Gasteiger partial charge in [-0.25, -0.2) is 0 Å². The minimum atomic E-state index is 0. The van der Waals surface area contributed by atoms with E-state index in [1.165, 1.54) is 5.56 Å². The van der Waals surface area contributed by atoms with Crippen LogP contribution in [-0.4, -0.2) is 26.7 Å². The van der Waals surface area contributed by atoms with E-state index in [0.29, 0.717) is 6.61 Å². The smallest absolute Gasteiger partial charge is 0.147 e. The molecule has 0 heterocycles. The Kier molecular flexibility index (Phi) is 15.0. The summed E-state index contributed by atoms with van der Waals surface area (Å²) in [5.41, 5.74) is 1.24. The van der Waals surface area contributed by atoms with Gasteiger partial charge in [0.05, 0.1) is 15.6 Å². The largest absolute Gasteiger partial charge is 0.492 e. The van der Waals surface area contributed by atoms with Crippen LogP contribution in [0, 0.1) is 0 Å². The highest BCUT2D eigenvalue weighted by Gasteiger charge is 2.08. The molecular formula is C13H22Br2Cl2N2O. The lowest BCUT2D eigenvalue weighted by Crippen LogP contribution is -2.19. The van der Waals surface area contributed by atoms with Gasteiger partial charge in [-0.05, 0) is 83.0 Å². The van der Waals surface area contributed by atoms with Gasteiger partial charge in [-0.2, -0.15) is 0 Å². The molecule has 0 saturated heterocycles. The minimum absolute atomic E-state index is 0. The van der Waals surface area contributed by atoms with Crippen LogP contribution in [-0.2, 0) is 6.54 Å². The number of ether oxygens (including phenoxy) is 1. The van der Waals surface area contributed by atoms with Gasteiger partial charge in [0, 0.05) is 6.54 Å². The van der Waals surface area contributed by atoms with E-state index in [1.807, 2.05) is 14.0 Å². The predicted molar refractivity (Wildman–Crippen MR) is 97.8 cm³/mol. The molecule has 1 rings (SSSR count). The van der Waals surface area contributed by atoms with Crippen molar-refractivity contribution in [2.24, 2.45) is 0 Å². The molecule has 0 amide bonds. The van der Waals surface area contributed by atoms with Crippen molar-refractivity contribution in [3.63, 3.8) is 0 Å². The minimum Gasteiger partial charge on any atom is -0.492 e. The van der Waals surface area contributed by atoms with E-state index in [2.05, 4.69) is 54.6 Å². The van der Waals surface area contributed by atoms with Crippen LogP contribution < -0.4 is 15.4 Å². The van der Waals surface area contributed by atoms with Gasteiger partial charge >= 0.3 is 0 Å². The Balaban J connectivity index is 0. The summed E-state index contributed by atoms with van der Waals surface area (Å²) in [6.07, 6.45) is 1.13. The second kappa shape index (κ2) is 13.2. The SMILES string of the molecule is CCOc1c(Br)cc(CNCCCNC)cc1Br.Cl.Cl. The Labute approximate surface area is 150 Å². The fraction of sp³-hybridized carbons (Fsp3) is 0.538. The molecule has 0 spiro atoms. The molecule has 0 bridgehead atoms. The van der Waals surface area contributed by atoms with E-state index in [9.17, 15) is 0 Å². The van der Waals surface area contributed by atoms with Crippen molar-refractivity contribution in [3.8, 4) is 5.75 Å². The van der Waals surface area contributed by atoms with Gasteiger partial charge in [-0.15, -0.1) is 24.8 Å². The Morgan fingerprint density at radius 2 is 1.70 bits per heavy atom. The Hall–Kier alpha value is 0.480. The zero-order valence-electron chi connectivity index (χ0n) is 11.7. The van der Waals surface area contributed by atoms with Crippen molar-refractivity contribution in [2.75, 3.05) is 26.7 Å². The van der Waals surface area contributed by atoms with Crippen LogP contribution in [0.5, 0.6) is 5.75 Å². The van der Waals surface area contributed by atoms with Crippen molar-refractivity contribution in [1.82, 2.24) is 10.6 Å². The van der Waals surface area contributed by atoms with Crippen LogP contribution in [0.1, 0.15) is 18.9 Å². The molecule has 0 aromatic heterocycles. The molecule has 3 nitrogen and oxygen atoms in total. The van der Waals surface area contributed by atoms with Crippen molar-refractivity contribution >= 4 is 56.7 Å². The summed E-state index contributed by atoms with van der Waals surface area (Å²) >= 11 is 7.08. The van der Waals surface area contributed by atoms with Crippen LogP contribution in [0.15, 0.2) is 21.1 Å². The first-order valence-electron chi connectivity index (χ1n) is 6.15. The maximum Gasteiger partial charge on any atom is 0.147 e. The molecular weight excluding hydrogens is 431 g/mol.